The van der Waals surface area contributed by atoms with Crippen LogP contribution < -0.4 is 4.72 Å². The number of sulfonamides is 1. The smallest absolute Gasteiger partial charge is 0.255 e. The average molecular weight is 387 g/mol. The standard InChI is InChI=1S/C18H18N4O2S2/c1-12-10-13(2)21-18(20-12)22-26(23,24)17-8-5-15(6-9-17)19-11-16-7-4-14(3)25-16/h4-11H,1-3H3,(H,20,21,22). The van der Waals surface area contributed by atoms with Crippen molar-refractivity contribution in [2.45, 2.75) is 25.7 Å². The van der Waals surface area contributed by atoms with E-state index in [0.717, 1.165) is 4.88 Å². The van der Waals surface area contributed by atoms with Crippen molar-refractivity contribution in [1.29, 1.82) is 0 Å². The molecular formula is C18H18N4O2S2. The van der Waals surface area contributed by atoms with E-state index >= 15 is 0 Å². The van der Waals surface area contributed by atoms with Gasteiger partial charge in [0.15, 0.2) is 0 Å². The van der Waals surface area contributed by atoms with Gasteiger partial charge in [0, 0.05) is 27.4 Å². The first kappa shape index (κ1) is 18.2. The summed E-state index contributed by atoms with van der Waals surface area (Å²) in [5, 5.41) is 0. The van der Waals surface area contributed by atoms with E-state index in [1.54, 1.807) is 49.6 Å². The quantitative estimate of drug-likeness (QED) is 0.671. The van der Waals surface area contributed by atoms with Crippen LogP contribution in [0.1, 0.15) is 21.1 Å². The van der Waals surface area contributed by atoms with Crippen LogP contribution in [0.5, 0.6) is 0 Å². The van der Waals surface area contributed by atoms with Crippen LogP contribution in [0.15, 0.2) is 52.4 Å². The molecule has 3 rings (SSSR count). The van der Waals surface area contributed by atoms with E-state index in [-0.39, 0.29) is 10.8 Å². The molecule has 0 aliphatic carbocycles. The summed E-state index contributed by atoms with van der Waals surface area (Å²) in [7, 11) is -3.75. The van der Waals surface area contributed by atoms with Gasteiger partial charge in [0.2, 0.25) is 5.95 Å². The van der Waals surface area contributed by atoms with Gasteiger partial charge in [-0.1, -0.05) is 0 Å². The number of hydrogen-bond acceptors (Lipinski definition) is 6. The molecule has 0 aliphatic heterocycles. The summed E-state index contributed by atoms with van der Waals surface area (Å²) in [4.78, 5) is 15.0. The molecule has 2 heterocycles. The van der Waals surface area contributed by atoms with Gasteiger partial charge in [-0.15, -0.1) is 11.3 Å². The van der Waals surface area contributed by atoms with Crippen LogP contribution >= 0.6 is 11.3 Å². The Morgan fingerprint density at radius 1 is 1.00 bits per heavy atom. The van der Waals surface area contributed by atoms with Gasteiger partial charge in [-0.2, -0.15) is 0 Å². The summed E-state index contributed by atoms with van der Waals surface area (Å²) < 4.78 is 27.4. The number of benzene rings is 1. The highest BCUT2D eigenvalue weighted by Crippen LogP contribution is 2.20. The lowest BCUT2D eigenvalue weighted by Gasteiger charge is -2.08. The summed E-state index contributed by atoms with van der Waals surface area (Å²) in [5.74, 6) is 0.0673. The topological polar surface area (TPSA) is 84.3 Å². The van der Waals surface area contributed by atoms with Crippen LogP contribution in [-0.2, 0) is 10.0 Å². The van der Waals surface area contributed by atoms with Crippen molar-refractivity contribution in [3.8, 4) is 0 Å². The lowest BCUT2D eigenvalue weighted by Crippen LogP contribution is -2.15. The third-order valence-corrected chi connectivity index (χ3v) is 5.74. The fourth-order valence-corrected chi connectivity index (χ4v) is 4.02. The maximum Gasteiger partial charge on any atom is 0.264 e. The van der Waals surface area contributed by atoms with Crippen molar-refractivity contribution in [2.75, 3.05) is 4.72 Å². The largest absolute Gasteiger partial charge is 0.264 e. The molecule has 0 atom stereocenters. The van der Waals surface area contributed by atoms with Crippen molar-refractivity contribution in [1.82, 2.24) is 9.97 Å². The van der Waals surface area contributed by atoms with Gasteiger partial charge < -0.3 is 0 Å². The predicted octanol–water partition coefficient (Wildman–Crippen LogP) is 4.01. The molecule has 0 saturated carbocycles. The maximum absolute atomic E-state index is 12.5. The molecule has 6 nitrogen and oxygen atoms in total. The van der Waals surface area contributed by atoms with Crippen LogP contribution in [0.4, 0.5) is 11.6 Å². The normalized spacial score (nSPS) is 11.8. The minimum Gasteiger partial charge on any atom is -0.255 e. The fourth-order valence-electron chi connectivity index (χ4n) is 2.32. The molecule has 0 saturated heterocycles. The minimum absolute atomic E-state index is 0.0673. The highest BCUT2D eigenvalue weighted by Gasteiger charge is 2.16. The average Bonchev–Trinajstić information content (AvgIpc) is 2.97. The zero-order chi connectivity index (χ0) is 18.7. The number of nitrogens with one attached hydrogen (secondary N) is 1. The molecule has 1 aromatic carbocycles. The van der Waals surface area contributed by atoms with Gasteiger partial charge in [-0.05, 0) is 63.2 Å². The van der Waals surface area contributed by atoms with E-state index in [0.29, 0.717) is 17.1 Å². The Bertz CT molecular complexity index is 1030. The Balaban J connectivity index is 1.77. The molecule has 0 fully saturated rings. The second kappa shape index (κ2) is 7.35. The fraction of sp³-hybridized carbons (Fsp3) is 0.167. The Morgan fingerprint density at radius 3 is 2.23 bits per heavy atom. The van der Waals surface area contributed by atoms with Crippen molar-refractivity contribution >= 4 is 39.2 Å². The molecule has 2 aromatic heterocycles. The van der Waals surface area contributed by atoms with Crippen LogP contribution in [0, 0.1) is 20.8 Å². The number of nitrogens with zero attached hydrogens (tertiary/aromatic N) is 3. The summed E-state index contributed by atoms with van der Waals surface area (Å²) in [6.45, 7) is 5.61. The molecule has 8 heteroatoms. The van der Waals surface area contributed by atoms with Gasteiger partial charge in [0.1, 0.15) is 0 Å². The molecular weight excluding hydrogens is 368 g/mol. The lowest BCUT2D eigenvalue weighted by atomic mass is 10.3. The number of aliphatic imine (C=N–C) groups is 1. The number of rotatable bonds is 5. The van der Waals surface area contributed by atoms with Crippen LogP contribution in [0.2, 0.25) is 0 Å². The summed E-state index contributed by atoms with van der Waals surface area (Å²) in [5.41, 5.74) is 2.07. The maximum atomic E-state index is 12.5. The second-order valence-corrected chi connectivity index (χ2v) is 8.78. The van der Waals surface area contributed by atoms with Crippen molar-refractivity contribution < 1.29 is 8.42 Å². The van der Waals surface area contributed by atoms with E-state index in [4.69, 9.17) is 0 Å². The molecule has 0 radical (unpaired) electrons. The number of hydrogen-bond donors (Lipinski definition) is 1. The molecule has 3 aromatic rings. The first-order valence-corrected chi connectivity index (χ1v) is 10.2. The number of anilines is 1. The zero-order valence-corrected chi connectivity index (χ0v) is 16.2. The summed E-state index contributed by atoms with van der Waals surface area (Å²) in [6.07, 6.45) is 1.77. The molecule has 1 N–H and O–H groups in total. The Labute approximate surface area is 156 Å². The molecule has 0 spiro atoms. The third kappa shape index (κ3) is 4.53. The van der Waals surface area contributed by atoms with Gasteiger partial charge in [0.25, 0.3) is 10.0 Å². The van der Waals surface area contributed by atoms with E-state index in [1.165, 1.54) is 17.0 Å². The third-order valence-electron chi connectivity index (χ3n) is 3.46. The van der Waals surface area contributed by atoms with Crippen LogP contribution in [-0.4, -0.2) is 24.6 Å². The first-order valence-electron chi connectivity index (χ1n) is 7.87. The highest BCUT2D eigenvalue weighted by molar-refractivity contribution is 7.92. The second-order valence-electron chi connectivity index (χ2n) is 5.78. The number of aryl methyl sites for hydroxylation is 3. The van der Waals surface area contributed by atoms with E-state index in [2.05, 4.69) is 19.7 Å². The van der Waals surface area contributed by atoms with Gasteiger partial charge in [0.05, 0.1) is 10.6 Å². The molecule has 0 unspecified atom stereocenters. The van der Waals surface area contributed by atoms with Crippen molar-refractivity contribution in [3.63, 3.8) is 0 Å². The van der Waals surface area contributed by atoms with E-state index in [1.807, 2.05) is 19.1 Å². The molecule has 134 valence electrons. The summed E-state index contributed by atoms with van der Waals surface area (Å²) in [6, 6.07) is 12.1. The lowest BCUT2D eigenvalue weighted by molar-refractivity contribution is 0.601. The molecule has 0 aliphatic rings. The first-order chi connectivity index (χ1) is 12.3. The van der Waals surface area contributed by atoms with Crippen LogP contribution in [0.25, 0.3) is 0 Å². The highest BCUT2D eigenvalue weighted by atomic mass is 32.2. The predicted molar refractivity (Wildman–Crippen MR) is 105 cm³/mol. The van der Waals surface area contributed by atoms with Gasteiger partial charge >= 0.3 is 0 Å². The number of thiophene rings is 1. The SMILES string of the molecule is Cc1cc(C)nc(NS(=O)(=O)c2ccc(N=Cc3ccc(C)s3)cc2)n1. The minimum atomic E-state index is -3.75. The van der Waals surface area contributed by atoms with E-state index < -0.39 is 10.0 Å². The number of aromatic nitrogens is 2. The van der Waals surface area contributed by atoms with Gasteiger partial charge in [-0.3, -0.25) is 4.99 Å². The Morgan fingerprint density at radius 2 is 1.65 bits per heavy atom. The van der Waals surface area contributed by atoms with Crippen molar-refractivity contribution in [2.24, 2.45) is 4.99 Å². The zero-order valence-electron chi connectivity index (χ0n) is 14.6. The molecule has 0 bridgehead atoms. The van der Waals surface area contributed by atoms with Crippen LogP contribution in [0.3, 0.4) is 0 Å². The Kier molecular flexibility index (Phi) is 5.15. The molecule has 0 amide bonds. The monoisotopic (exact) mass is 386 g/mol. The molecule has 26 heavy (non-hydrogen) atoms. The van der Waals surface area contributed by atoms with E-state index in [9.17, 15) is 8.42 Å². The summed E-state index contributed by atoms with van der Waals surface area (Å²) >= 11 is 1.65. The van der Waals surface area contributed by atoms with Gasteiger partial charge in [-0.25, -0.2) is 23.1 Å². The Hall–Kier alpha value is -2.58. The van der Waals surface area contributed by atoms with Crippen molar-refractivity contribution in [3.05, 3.63) is 63.6 Å².